The summed E-state index contributed by atoms with van der Waals surface area (Å²) in [5.74, 6) is 4.88. The number of nitrogens with zero attached hydrogens (tertiary/aromatic N) is 15. The van der Waals surface area contributed by atoms with Gasteiger partial charge < -0.3 is 105 Å². The standard InChI is InChI=1S/C18H22N4O2.C18H20N4O2.C16H17ClIN3O2.C14H16N4O3.C14H14N4O3/c2*1-5-10-7-12(15-14(10)23-18(3,4)24-15)22-8-11(6-2)13-16(19)20-9-21-17(13)22;1-4-8-5-10(13-12(8)22-16(2,3)23-13)21-6-9(18)11-14(17)19-7-20-15(11)21;2*1-2-7-4-18(14-10(7)13(15)16-6-17-14)9-3-8(5-19)11(20)12(9)21/h6-9,12,14-15H,2,5H2,1,3-4H3,(H2,19,20,21);2,7-9,12,14-15H,5H2,1,3-4H3,(H2,19,20,21);5-7,10,12-13H,4H2,1-3H3;2-4,6,9,11-12,19-21H,1,5H2,(H2,15,16,17);1,3-4,6,9,11-12,19-21H,5H2,(H2,15,16,17)/t2*12-,14+,15?;10-,12+,13?;2*9-,11+,12?/m11111/s1. The van der Waals surface area contributed by atoms with E-state index < -0.39 is 53.9 Å². The molecule has 5 aliphatic carbocycles. The van der Waals surface area contributed by atoms with Crippen LogP contribution in [0.3, 0.4) is 0 Å². The largest absolute Gasteiger partial charge is 0.392 e. The molecule has 113 heavy (non-hydrogen) atoms. The lowest BCUT2D eigenvalue weighted by atomic mass is 10.1. The lowest BCUT2D eigenvalue weighted by Crippen LogP contribution is -2.30. The Morgan fingerprint density at radius 2 is 0.735 bits per heavy atom. The molecule has 3 fully saturated rings. The minimum atomic E-state index is -1.12. The van der Waals surface area contributed by atoms with Crippen LogP contribution in [0.15, 0.2) is 134 Å². The molecule has 5 unspecified atom stereocenters. The van der Waals surface area contributed by atoms with E-state index in [-0.39, 0.29) is 73.8 Å². The minimum absolute atomic E-state index is 0.00687. The second kappa shape index (κ2) is 31.2. The number of nitrogens with two attached hydrogens (primary N) is 4. The summed E-state index contributed by atoms with van der Waals surface area (Å²) in [6, 6.07) is -1.09. The van der Waals surface area contributed by atoms with Crippen molar-refractivity contribution in [3.05, 3.63) is 165 Å². The molecular formula is C80H89ClIN19O12. The van der Waals surface area contributed by atoms with E-state index in [9.17, 15) is 30.6 Å². The first-order valence-electron chi connectivity index (χ1n) is 36.8. The molecule has 0 bridgehead atoms. The van der Waals surface area contributed by atoms with Crippen molar-refractivity contribution in [1.29, 1.82) is 0 Å². The molecule has 0 amide bonds. The molecule has 13 heterocycles. The van der Waals surface area contributed by atoms with Crippen LogP contribution in [0.25, 0.3) is 67.3 Å². The third-order valence-electron chi connectivity index (χ3n) is 21.6. The monoisotopic (exact) mass is 1670 g/mol. The van der Waals surface area contributed by atoms with Gasteiger partial charge in [-0.3, -0.25) is 0 Å². The molecule has 8 aliphatic rings. The number of halogens is 2. The Balaban J connectivity index is 0.000000117. The number of hydrogen-bond donors (Lipinski definition) is 10. The highest BCUT2D eigenvalue weighted by Crippen LogP contribution is 2.50. The number of aromatic nitrogens is 15. The van der Waals surface area contributed by atoms with Crippen LogP contribution in [-0.2, 0) is 28.4 Å². The van der Waals surface area contributed by atoms with Crippen molar-refractivity contribution in [3.63, 3.8) is 0 Å². The predicted octanol–water partition coefficient (Wildman–Crippen LogP) is 8.62. The Bertz CT molecular complexity index is 5660. The number of fused-ring (bicyclic) bond motifs is 8. The maximum Gasteiger partial charge on any atom is 0.164 e. The second-order valence-electron chi connectivity index (χ2n) is 29.6. The van der Waals surface area contributed by atoms with Crippen LogP contribution in [0, 0.1) is 28.3 Å². The van der Waals surface area contributed by atoms with Crippen molar-refractivity contribution in [1.82, 2.24) is 72.7 Å². The van der Waals surface area contributed by atoms with Gasteiger partial charge in [-0.2, -0.15) is 0 Å². The molecule has 3 saturated heterocycles. The van der Waals surface area contributed by atoms with E-state index in [2.05, 4.69) is 152 Å². The van der Waals surface area contributed by atoms with Gasteiger partial charge >= 0.3 is 0 Å². The van der Waals surface area contributed by atoms with Crippen LogP contribution in [-0.4, -0.2) is 195 Å². The molecule has 0 radical (unpaired) electrons. The molecule has 10 aromatic rings. The van der Waals surface area contributed by atoms with Crippen LogP contribution in [0.5, 0.6) is 0 Å². The average Bonchev–Trinajstić information content (AvgIpc) is 1.60. The number of nitrogen functional groups attached to an aromatic ring is 4. The van der Waals surface area contributed by atoms with Gasteiger partial charge in [0.15, 0.2) is 17.4 Å². The molecule has 0 aromatic carbocycles. The topological polar surface area (TPSA) is 434 Å². The molecule has 10 aromatic heterocycles. The van der Waals surface area contributed by atoms with Gasteiger partial charge in [-0.1, -0.05) is 99.9 Å². The van der Waals surface area contributed by atoms with E-state index in [4.69, 9.17) is 75.8 Å². The number of ether oxygens (including phenoxy) is 6. The zero-order valence-electron chi connectivity index (χ0n) is 63.5. The molecule has 31 nitrogen and oxygen atoms in total. The SMILES string of the molecule is C#Cc1cn([C@@H]2C=C(CC)[C@@H]3OC(C)(C)OC23)c2ncnc(N)c12.C#Cc1cn([C@@H]2C=C(CO)[C@H](O)C2O)c2ncnc(N)c12.C=Cc1cn([C@@H]2C=C(CC)[C@@H]3OC(C)(C)OC23)c2ncnc(N)c12.C=Cc1cn([C@@H]2C=C(CO)[C@H](O)C2O)c2ncnc(N)c12.CCC1=C[C@@H](n2cc(I)c3c(Cl)ncnc32)C2OC(C)(C)O[C@@H]12. The number of hydrogen-bond acceptors (Lipinski definition) is 26. The Kier molecular flexibility index (Phi) is 22.0. The summed E-state index contributed by atoms with van der Waals surface area (Å²) in [6.07, 6.45) is 39.1. The number of aliphatic hydroxyl groups excluding tert-OH is 6. The molecule has 15 atom stereocenters. The third kappa shape index (κ3) is 14.2. The highest BCUT2D eigenvalue weighted by atomic mass is 127. The Labute approximate surface area is 668 Å². The Morgan fingerprint density at radius 3 is 1.06 bits per heavy atom. The van der Waals surface area contributed by atoms with Crippen molar-refractivity contribution < 1.29 is 59.1 Å². The smallest absolute Gasteiger partial charge is 0.164 e. The third-order valence-corrected chi connectivity index (χ3v) is 22.7. The first kappa shape index (κ1) is 79.8. The molecule has 590 valence electrons. The van der Waals surface area contributed by atoms with E-state index in [1.807, 2.05) is 58.5 Å². The summed E-state index contributed by atoms with van der Waals surface area (Å²) in [5.41, 5.74) is 34.6. The van der Waals surface area contributed by atoms with Gasteiger partial charge in [0.2, 0.25) is 0 Å². The van der Waals surface area contributed by atoms with E-state index in [0.717, 1.165) is 61.7 Å². The summed E-state index contributed by atoms with van der Waals surface area (Å²) in [7, 11) is 0. The van der Waals surface area contributed by atoms with E-state index in [0.29, 0.717) is 72.3 Å². The normalized spacial score (nSPS) is 27.2. The predicted molar refractivity (Wildman–Crippen MR) is 435 cm³/mol. The summed E-state index contributed by atoms with van der Waals surface area (Å²) in [4.78, 5) is 41.8. The summed E-state index contributed by atoms with van der Waals surface area (Å²) in [6.45, 7) is 25.1. The number of aliphatic hydroxyl groups is 6. The Hall–Kier alpha value is -9.86. The number of rotatable bonds is 12. The van der Waals surface area contributed by atoms with Gasteiger partial charge in [-0.25, -0.2) is 49.8 Å². The maximum absolute atomic E-state index is 10.2. The van der Waals surface area contributed by atoms with E-state index in [1.165, 1.54) is 48.4 Å². The average molecular weight is 1670 g/mol. The molecule has 14 N–H and O–H groups in total. The summed E-state index contributed by atoms with van der Waals surface area (Å²) >= 11 is 8.53. The molecule has 0 saturated carbocycles. The molecule has 33 heteroatoms. The van der Waals surface area contributed by atoms with Gasteiger partial charge in [-0.15, -0.1) is 12.8 Å². The van der Waals surface area contributed by atoms with Gasteiger partial charge in [0, 0.05) is 45.7 Å². The van der Waals surface area contributed by atoms with Crippen molar-refractivity contribution in [2.75, 3.05) is 36.1 Å². The van der Waals surface area contributed by atoms with Gasteiger partial charge in [0.25, 0.3) is 0 Å². The summed E-state index contributed by atoms with van der Waals surface area (Å²) < 4.78 is 47.5. The quantitative estimate of drug-likeness (QED) is 0.0237. The van der Waals surface area contributed by atoms with Crippen LogP contribution in [0.1, 0.15) is 134 Å². The van der Waals surface area contributed by atoms with Crippen LogP contribution in [0.4, 0.5) is 23.3 Å². The zero-order valence-corrected chi connectivity index (χ0v) is 66.4. The fourth-order valence-corrected chi connectivity index (χ4v) is 17.7. The van der Waals surface area contributed by atoms with E-state index in [1.54, 1.807) is 45.8 Å². The van der Waals surface area contributed by atoms with Crippen molar-refractivity contribution in [2.24, 2.45) is 0 Å². The summed E-state index contributed by atoms with van der Waals surface area (Å²) in [5, 5.41) is 62.7. The molecule has 0 spiro atoms. The zero-order chi connectivity index (χ0) is 80.8. The highest BCUT2D eigenvalue weighted by molar-refractivity contribution is 14.1. The molecule has 18 rings (SSSR count). The second-order valence-corrected chi connectivity index (χ2v) is 31.1. The number of anilines is 4. The van der Waals surface area contributed by atoms with Crippen molar-refractivity contribution in [2.45, 2.75) is 190 Å². The number of terminal acetylenes is 2. The van der Waals surface area contributed by atoms with Crippen LogP contribution < -0.4 is 22.9 Å². The molecular weight excluding hydrogens is 1580 g/mol. The first-order valence-corrected chi connectivity index (χ1v) is 38.3. The highest BCUT2D eigenvalue weighted by Gasteiger charge is 2.53. The Morgan fingerprint density at radius 1 is 0.442 bits per heavy atom. The maximum atomic E-state index is 10.2. The van der Waals surface area contributed by atoms with Gasteiger partial charge in [-0.05, 0) is 111 Å². The van der Waals surface area contributed by atoms with Gasteiger partial charge in [0.1, 0.15) is 149 Å². The van der Waals surface area contributed by atoms with Crippen molar-refractivity contribution in [3.8, 4) is 24.7 Å². The van der Waals surface area contributed by atoms with Crippen LogP contribution >= 0.6 is 34.2 Å². The van der Waals surface area contributed by atoms with Crippen molar-refractivity contribution >= 4 is 125 Å². The van der Waals surface area contributed by atoms with Gasteiger partial charge in [0.05, 0.1) is 81.5 Å². The lowest BCUT2D eigenvalue weighted by Gasteiger charge is -2.22. The lowest BCUT2D eigenvalue weighted by molar-refractivity contribution is -0.148. The first-order chi connectivity index (χ1) is 54.0. The molecule has 3 aliphatic heterocycles. The van der Waals surface area contributed by atoms with Crippen LogP contribution in [0.2, 0.25) is 5.15 Å². The minimum Gasteiger partial charge on any atom is -0.392 e. The fraction of sp³-hybridized carbons (Fsp3) is 0.400. The van der Waals surface area contributed by atoms with E-state index >= 15 is 0 Å². The fourth-order valence-electron chi connectivity index (χ4n) is 16.5.